The van der Waals surface area contributed by atoms with Gasteiger partial charge in [0.1, 0.15) is 0 Å². The molecule has 0 atom stereocenters. The highest BCUT2D eigenvalue weighted by molar-refractivity contribution is 7.17. The minimum Gasteiger partial charge on any atom is -0.258 e. The summed E-state index contributed by atoms with van der Waals surface area (Å²) in [7, 11) is 0. The molecule has 0 fully saturated rings. The van der Waals surface area contributed by atoms with Crippen molar-refractivity contribution in [2.75, 3.05) is 0 Å². The molecule has 0 saturated heterocycles. The molecule has 5 heteroatoms. The number of non-ortho nitro benzene ring substituents is 1. The molecule has 2 aromatic carbocycles. The summed E-state index contributed by atoms with van der Waals surface area (Å²) in [4.78, 5) is 14.0. The summed E-state index contributed by atoms with van der Waals surface area (Å²) < 4.78 is 1.04. The number of para-hydroxylation sites is 1. The zero-order valence-corrected chi connectivity index (χ0v) is 11.1. The van der Waals surface area contributed by atoms with Crippen molar-refractivity contribution in [1.82, 2.24) is 0 Å². The summed E-state index contributed by atoms with van der Waals surface area (Å²) >= 11 is 1.60. The Labute approximate surface area is 117 Å². The van der Waals surface area contributed by atoms with Crippen molar-refractivity contribution >= 4 is 38.0 Å². The molecule has 2 aliphatic heterocycles. The van der Waals surface area contributed by atoms with Crippen LogP contribution >= 0.6 is 11.3 Å². The summed E-state index contributed by atoms with van der Waals surface area (Å²) in [6, 6.07) is 13.1. The van der Waals surface area contributed by atoms with Gasteiger partial charge in [-0.05, 0) is 12.1 Å². The van der Waals surface area contributed by atoms with E-state index in [2.05, 4.69) is 16.4 Å². The van der Waals surface area contributed by atoms with Crippen LogP contribution in [0.15, 0.2) is 47.8 Å². The molecule has 1 N–H and O–H groups in total. The van der Waals surface area contributed by atoms with Crippen molar-refractivity contribution < 1.29 is 9.91 Å². The van der Waals surface area contributed by atoms with E-state index in [0.29, 0.717) is 0 Å². The van der Waals surface area contributed by atoms with Crippen molar-refractivity contribution in [3.8, 4) is 11.3 Å². The SMILES string of the molecule is O=[N+]([O-])c1ccc2scc3c4ccccc4[nH+]c-3c2c1. The van der Waals surface area contributed by atoms with Crippen molar-refractivity contribution in [3.05, 3.63) is 58.0 Å². The van der Waals surface area contributed by atoms with Gasteiger partial charge in [-0.15, -0.1) is 11.3 Å². The molecule has 0 spiro atoms. The number of rotatable bonds is 1. The topological polar surface area (TPSA) is 57.3 Å². The van der Waals surface area contributed by atoms with Gasteiger partial charge < -0.3 is 0 Å². The maximum absolute atomic E-state index is 11.0. The van der Waals surface area contributed by atoms with Gasteiger partial charge in [-0.25, -0.2) is 4.98 Å². The van der Waals surface area contributed by atoms with E-state index in [4.69, 9.17) is 0 Å². The third-order valence-corrected chi connectivity index (χ3v) is 4.46. The van der Waals surface area contributed by atoms with E-state index in [1.807, 2.05) is 24.3 Å². The van der Waals surface area contributed by atoms with Crippen LogP contribution in [-0.4, -0.2) is 4.92 Å². The Hall–Kier alpha value is -2.53. The van der Waals surface area contributed by atoms with Gasteiger partial charge in [-0.2, -0.15) is 0 Å². The highest BCUT2D eigenvalue weighted by atomic mass is 32.1. The van der Waals surface area contributed by atoms with Gasteiger partial charge in [0.15, 0.2) is 0 Å². The Morgan fingerprint density at radius 1 is 1.10 bits per heavy atom. The second kappa shape index (κ2) is 3.98. The summed E-state index contributed by atoms with van der Waals surface area (Å²) in [5, 5.41) is 15.1. The predicted octanol–water partition coefficient (Wildman–Crippen LogP) is 3.88. The van der Waals surface area contributed by atoms with Crippen molar-refractivity contribution in [2.45, 2.75) is 0 Å². The quantitative estimate of drug-likeness (QED) is 0.392. The summed E-state index contributed by atoms with van der Waals surface area (Å²) in [6.45, 7) is 0. The molecule has 2 aromatic rings. The van der Waals surface area contributed by atoms with E-state index in [1.165, 1.54) is 0 Å². The fourth-order valence-electron chi connectivity index (χ4n) is 2.55. The van der Waals surface area contributed by atoms with Crippen LogP contribution in [0.25, 0.3) is 32.2 Å². The monoisotopic (exact) mass is 281 g/mol. The van der Waals surface area contributed by atoms with Crippen molar-refractivity contribution in [2.24, 2.45) is 0 Å². The van der Waals surface area contributed by atoms with Crippen LogP contribution in [-0.2, 0) is 0 Å². The Morgan fingerprint density at radius 2 is 1.95 bits per heavy atom. The second-order valence-electron chi connectivity index (χ2n) is 4.63. The molecule has 0 saturated carbocycles. The summed E-state index contributed by atoms with van der Waals surface area (Å²) in [5.74, 6) is 0. The van der Waals surface area contributed by atoms with Gasteiger partial charge in [0.05, 0.1) is 21.3 Å². The van der Waals surface area contributed by atoms with E-state index in [9.17, 15) is 10.1 Å². The van der Waals surface area contributed by atoms with Gasteiger partial charge >= 0.3 is 0 Å². The van der Waals surface area contributed by atoms with Crippen LogP contribution < -0.4 is 4.98 Å². The molecule has 0 unspecified atom stereocenters. The van der Waals surface area contributed by atoms with E-state index in [0.717, 1.165) is 32.2 Å². The number of nitrogens with zero attached hydrogens (tertiary/aromatic N) is 1. The minimum absolute atomic E-state index is 0.121. The molecule has 2 heterocycles. The van der Waals surface area contributed by atoms with Gasteiger partial charge in [-0.3, -0.25) is 10.1 Å². The Morgan fingerprint density at radius 3 is 2.80 bits per heavy atom. The third kappa shape index (κ3) is 1.50. The number of fused-ring (bicyclic) bond motifs is 5. The van der Waals surface area contributed by atoms with E-state index >= 15 is 0 Å². The molecule has 4 nitrogen and oxygen atoms in total. The maximum atomic E-state index is 11.0. The molecule has 0 amide bonds. The number of hydrogen-bond donors (Lipinski definition) is 0. The van der Waals surface area contributed by atoms with Gasteiger partial charge in [0, 0.05) is 28.3 Å². The number of nitro benzene ring substituents is 1. The van der Waals surface area contributed by atoms with Gasteiger partial charge in [-0.1, -0.05) is 12.1 Å². The highest BCUT2D eigenvalue weighted by Gasteiger charge is 2.22. The second-order valence-corrected chi connectivity index (χ2v) is 5.54. The standard InChI is InChI=1S/C15H8N2O2S/c18-17(19)9-5-6-14-11(7-9)15-12(8-20-14)10-3-1-2-4-13(10)16-15/h1-8H/p+1. The number of aromatic amines is 1. The molecule has 4 rings (SSSR count). The van der Waals surface area contributed by atoms with Crippen LogP contribution in [0.3, 0.4) is 0 Å². The largest absolute Gasteiger partial charge is 0.270 e. The number of hydrogen-bond acceptors (Lipinski definition) is 3. The minimum atomic E-state index is -0.356. The first-order chi connectivity index (χ1) is 9.74. The zero-order chi connectivity index (χ0) is 13.7. The van der Waals surface area contributed by atoms with Crippen molar-refractivity contribution in [1.29, 1.82) is 0 Å². The lowest BCUT2D eigenvalue weighted by atomic mass is 10.1. The highest BCUT2D eigenvalue weighted by Crippen LogP contribution is 2.37. The van der Waals surface area contributed by atoms with Crippen LogP contribution in [0.2, 0.25) is 0 Å². The van der Waals surface area contributed by atoms with Crippen LogP contribution in [0.4, 0.5) is 5.69 Å². The molecule has 0 aromatic heterocycles. The smallest absolute Gasteiger partial charge is 0.258 e. The summed E-state index contributed by atoms with van der Waals surface area (Å²) in [6.07, 6.45) is 0. The van der Waals surface area contributed by atoms with Gasteiger partial charge in [0.2, 0.25) is 11.2 Å². The molecule has 20 heavy (non-hydrogen) atoms. The first kappa shape index (κ1) is 11.3. The normalized spacial score (nSPS) is 11.4. The molecular weight excluding hydrogens is 272 g/mol. The van der Waals surface area contributed by atoms with E-state index in [-0.39, 0.29) is 10.6 Å². The average molecular weight is 281 g/mol. The number of nitro groups is 1. The first-order valence-electron chi connectivity index (χ1n) is 6.13. The third-order valence-electron chi connectivity index (χ3n) is 3.49. The molecule has 96 valence electrons. The maximum Gasteiger partial charge on any atom is 0.270 e. The predicted molar refractivity (Wildman–Crippen MR) is 79.2 cm³/mol. The Balaban J connectivity index is 2.16. The van der Waals surface area contributed by atoms with Gasteiger partial charge in [0.25, 0.3) is 5.69 Å². The summed E-state index contributed by atoms with van der Waals surface area (Å²) in [5.41, 5.74) is 3.24. The Bertz CT molecular complexity index is 945. The Kier molecular flexibility index (Phi) is 2.25. The van der Waals surface area contributed by atoms with Crippen LogP contribution in [0.1, 0.15) is 0 Å². The molecule has 0 aliphatic carbocycles. The number of H-pyrrole nitrogens is 1. The van der Waals surface area contributed by atoms with E-state index in [1.54, 1.807) is 23.5 Å². The molecule has 2 aliphatic rings. The molecular formula is C15H9N2O2S+. The molecule has 0 bridgehead atoms. The number of aromatic nitrogens is 1. The lowest BCUT2D eigenvalue weighted by molar-refractivity contribution is -0.384. The lowest BCUT2D eigenvalue weighted by Crippen LogP contribution is -2.00. The first-order valence-corrected chi connectivity index (χ1v) is 7.01. The number of benzene rings is 2. The van der Waals surface area contributed by atoms with Crippen LogP contribution in [0.5, 0.6) is 0 Å². The zero-order valence-electron chi connectivity index (χ0n) is 10.3. The fraction of sp³-hybridized carbons (Fsp3) is 0. The lowest BCUT2D eigenvalue weighted by Gasteiger charge is -1.99. The van der Waals surface area contributed by atoms with Crippen LogP contribution in [0, 0.1) is 10.1 Å². The average Bonchev–Trinajstić information content (AvgIpc) is 2.85. The molecule has 0 radical (unpaired) electrons. The van der Waals surface area contributed by atoms with E-state index < -0.39 is 0 Å². The fourth-order valence-corrected chi connectivity index (χ4v) is 3.47. The number of nitrogens with one attached hydrogen (secondary N) is 1. The van der Waals surface area contributed by atoms with Crippen molar-refractivity contribution in [3.63, 3.8) is 0 Å².